The van der Waals surface area contributed by atoms with Gasteiger partial charge in [0.25, 0.3) is 0 Å². The lowest BCUT2D eigenvalue weighted by atomic mass is 9.96. The Labute approximate surface area is 118 Å². The highest BCUT2D eigenvalue weighted by atomic mass is 79.9. The highest BCUT2D eigenvalue weighted by Crippen LogP contribution is 2.36. The van der Waals surface area contributed by atoms with Gasteiger partial charge in [-0.3, -0.25) is 0 Å². The number of hydrogen-bond donors (Lipinski definition) is 1. The molecule has 1 heterocycles. The van der Waals surface area contributed by atoms with E-state index in [1.807, 2.05) is 17.0 Å². The first kappa shape index (κ1) is 14.7. The molecule has 0 atom stereocenters. The molecule has 19 heavy (non-hydrogen) atoms. The zero-order chi connectivity index (χ0) is 14.0. The number of nitrogens with zero attached hydrogens (tertiary/aromatic N) is 1. The van der Waals surface area contributed by atoms with Crippen LogP contribution in [0.2, 0.25) is 0 Å². The molecular weight excluding hydrogens is 323 g/mol. The number of anilines is 1. The average Bonchev–Trinajstić information content (AvgIpc) is 2.38. The van der Waals surface area contributed by atoms with Crippen LogP contribution in [0.5, 0.6) is 0 Å². The van der Waals surface area contributed by atoms with Gasteiger partial charge >= 0.3 is 6.18 Å². The van der Waals surface area contributed by atoms with Crippen LogP contribution < -0.4 is 4.90 Å². The van der Waals surface area contributed by atoms with Crippen LogP contribution in [0, 0.1) is 5.92 Å². The molecule has 0 unspecified atom stereocenters. The monoisotopic (exact) mass is 337 g/mol. The number of alkyl halides is 3. The lowest BCUT2D eigenvalue weighted by molar-refractivity contribution is -0.179. The van der Waals surface area contributed by atoms with Gasteiger partial charge in [-0.15, -0.1) is 0 Å². The molecule has 1 saturated heterocycles. The molecule has 1 aliphatic rings. The molecule has 106 valence electrons. The Hall–Kier alpha value is -0.750. The summed E-state index contributed by atoms with van der Waals surface area (Å²) in [5.74, 6) is -1.18. The summed E-state index contributed by atoms with van der Waals surface area (Å²) in [4.78, 5) is 1.95. The molecule has 1 aromatic carbocycles. The van der Waals surface area contributed by atoms with E-state index < -0.39 is 12.1 Å². The van der Waals surface area contributed by atoms with Crippen molar-refractivity contribution in [3.05, 3.63) is 28.2 Å². The standard InChI is InChI=1S/C13H15BrF3NO/c14-12-7-11(2-1-9(12)8-19)18-5-3-10(4-6-18)13(15,16)17/h1-2,7,10,19H,3-6,8H2. The fourth-order valence-electron chi connectivity index (χ4n) is 2.33. The van der Waals surface area contributed by atoms with E-state index in [-0.39, 0.29) is 19.4 Å². The Bertz CT molecular complexity index is 442. The second-order valence-electron chi connectivity index (χ2n) is 4.74. The van der Waals surface area contributed by atoms with Gasteiger partial charge < -0.3 is 10.0 Å². The van der Waals surface area contributed by atoms with Crippen molar-refractivity contribution in [3.63, 3.8) is 0 Å². The molecule has 2 nitrogen and oxygen atoms in total. The zero-order valence-electron chi connectivity index (χ0n) is 10.3. The fourth-order valence-corrected chi connectivity index (χ4v) is 2.82. The molecule has 0 aromatic heterocycles. The van der Waals surface area contributed by atoms with Crippen molar-refractivity contribution >= 4 is 21.6 Å². The molecule has 6 heteroatoms. The number of halogens is 4. The second kappa shape index (κ2) is 5.71. The van der Waals surface area contributed by atoms with Crippen LogP contribution in [-0.2, 0) is 6.61 Å². The summed E-state index contributed by atoms with van der Waals surface area (Å²) in [6.07, 6.45) is -3.79. The molecule has 1 aliphatic heterocycles. The van der Waals surface area contributed by atoms with E-state index in [0.29, 0.717) is 13.1 Å². The predicted octanol–water partition coefficient (Wildman–Crippen LogP) is 3.72. The Kier molecular flexibility index (Phi) is 4.40. The average molecular weight is 338 g/mol. The Morgan fingerprint density at radius 3 is 2.37 bits per heavy atom. The van der Waals surface area contributed by atoms with Crippen molar-refractivity contribution in [3.8, 4) is 0 Å². The van der Waals surface area contributed by atoms with Gasteiger partial charge in [0, 0.05) is 23.2 Å². The summed E-state index contributed by atoms with van der Waals surface area (Å²) < 4.78 is 38.5. The highest BCUT2D eigenvalue weighted by Gasteiger charge is 2.41. The van der Waals surface area contributed by atoms with Gasteiger partial charge in [-0.25, -0.2) is 0 Å². The summed E-state index contributed by atoms with van der Waals surface area (Å²) in [6.45, 7) is 0.765. The van der Waals surface area contributed by atoms with Crippen molar-refractivity contribution in [2.24, 2.45) is 5.92 Å². The van der Waals surface area contributed by atoms with Gasteiger partial charge in [0.1, 0.15) is 0 Å². The summed E-state index contributed by atoms with van der Waals surface area (Å²) in [5, 5.41) is 9.08. The molecule has 1 N–H and O–H groups in total. The maximum absolute atomic E-state index is 12.6. The van der Waals surface area contributed by atoms with Crippen molar-refractivity contribution in [1.29, 1.82) is 0 Å². The van der Waals surface area contributed by atoms with Gasteiger partial charge in [-0.1, -0.05) is 22.0 Å². The number of piperidine rings is 1. The quantitative estimate of drug-likeness (QED) is 0.889. The first-order valence-corrected chi connectivity index (χ1v) is 6.92. The van der Waals surface area contributed by atoms with E-state index in [4.69, 9.17) is 5.11 Å². The first-order chi connectivity index (χ1) is 8.91. The van der Waals surface area contributed by atoms with Gasteiger partial charge in [-0.2, -0.15) is 13.2 Å². The summed E-state index contributed by atoms with van der Waals surface area (Å²) in [5.41, 5.74) is 1.67. The second-order valence-corrected chi connectivity index (χ2v) is 5.59. The molecule has 0 aliphatic carbocycles. The molecule has 0 bridgehead atoms. The van der Waals surface area contributed by atoms with Crippen molar-refractivity contribution < 1.29 is 18.3 Å². The number of hydrogen-bond acceptors (Lipinski definition) is 2. The lowest BCUT2D eigenvalue weighted by Crippen LogP contribution is -2.39. The molecule has 0 spiro atoms. The fraction of sp³-hybridized carbons (Fsp3) is 0.538. The molecule has 0 amide bonds. The number of aliphatic hydroxyl groups excluding tert-OH is 1. The Morgan fingerprint density at radius 1 is 1.26 bits per heavy atom. The van der Waals surface area contributed by atoms with Crippen molar-refractivity contribution in [2.75, 3.05) is 18.0 Å². The van der Waals surface area contributed by atoms with E-state index in [1.165, 1.54) is 0 Å². The minimum Gasteiger partial charge on any atom is -0.392 e. The third-order valence-electron chi connectivity index (χ3n) is 3.53. The zero-order valence-corrected chi connectivity index (χ0v) is 11.8. The third kappa shape index (κ3) is 3.42. The summed E-state index contributed by atoms with van der Waals surface area (Å²) in [7, 11) is 0. The van der Waals surface area contributed by atoms with Gasteiger partial charge in [0.15, 0.2) is 0 Å². The van der Waals surface area contributed by atoms with E-state index in [1.54, 1.807) is 6.07 Å². The maximum atomic E-state index is 12.6. The third-order valence-corrected chi connectivity index (χ3v) is 4.27. The molecule has 2 rings (SSSR count). The van der Waals surface area contributed by atoms with Crippen molar-refractivity contribution in [1.82, 2.24) is 0 Å². The largest absolute Gasteiger partial charge is 0.392 e. The van der Waals surface area contributed by atoms with E-state index in [2.05, 4.69) is 15.9 Å². The summed E-state index contributed by atoms with van der Waals surface area (Å²) >= 11 is 3.35. The minimum atomic E-state index is -4.08. The topological polar surface area (TPSA) is 23.5 Å². The van der Waals surface area contributed by atoms with Crippen LogP contribution >= 0.6 is 15.9 Å². The van der Waals surface area contributed by atoms with Gasteiger partial charge in [-0.05, 0) is 30.5 Å². The molecule has 1 aromatic rings. The van der Waals surface area contributed by atoms with E-state index in [9.17, 15) is 13.2 Å². The normalized spacial score (nSPS) is 17.8. The van der Waals surface area contributed by atoms with Crippen LogP contribution in [0.15, 0.2) is 22.7 Å². The lowest BCUT2D eigenvalue weighted by Gasteiger charge is -2.34. The smallest absolute Gasteiger partial charge is 0.391 e. The SMILES string of the molecule is OCc1ccc(N2CCC(C(F)(F)F)CC2)cc1Br. The van der Waals surface area contributed by atoms with Crippen molar-refractivity contribution in [2.45, 2.75) is 25.6 Å². The van der Waals surface area contributed by atoms with Gasteiger partial charge in [0.05, 0.1) is 12.5 Å². The van der Waals surface area contributed by atoms with Crippen LogP contribution in [0.4, 0.5) is 18.9 Å². The van der Waals surface area contributed by atoms with Crippen LogP contribution in [0.25, 0.3) is 0 Å². The van der Waals surface area contributed by atoms with Crippen LogP contribution in [-0.4, -0.2) is 24.4 Å². The van der Waals surface area contributed by atoms with Gasteiger partial charge in [0.2, 0.25) is 0 Å². The number of aliphatic hydroxyl groups is 1. The van der Waals surface area contributed by atoms with E-state index >= 15 is 0 Å². The molecule has 1 fully saturated rings. The number of benzene rings is 1. The first-order valence-electron chi connectivity index (χ1n) is 6.12. The maximum Gasteiger partial charge on any atom is 0.391 e. The van der Waals surface area contributed by atoms with E-state index in [0.717, 1.165) is 15.7 Å². The summed E-state index contributed by atoms with van der Waals surface area (Å²) in [6, 6.07) is 5.47. The Morgan fingerprint density at radius 2 is 1.89 bits per heavy atom. The van der Waals surface area contributed by atoms with Crippen LogP contribution in [0.1, 0.15) is 18.4 Å². The Balaban J connectivity index is 2.04. The molecule has 0 saturated carbocycles. The number of rotatable bonds is 2. The highest BCUT2D eigenvalue weighted by molar-refractivity contribution is 9.10. The molecule has 0 radical (unpaired) electrons. The minimum absolute atomic E-state index is 0.0585. The predicted molar refractivity (Wildman–Crippen MR) is 71.1 cm³/mol. The molecular formula is C13H15BrF3NO. The van der Waals surface area contributed by atoms with Crippen LogP contribution in [0.3, 0.4) is 0 Å².